The van der Waals surface area contributed by atoms with Crippen molar-refractivity contribution in [2.45, 2.75) is 19.8 Å². The molecule has 1 aromatic heterocycles. The van der Waals surface area contributed by atoms with E-state index >= 15 is 0 Å². The van der Waals surface area contributed by atoms with Crippen molar-refractivity contribution in [3.8, 4) is 0 Å². The van der Waals surface area contributed by atoms with E-state index in [9.17, 15) is 4.79 Å². The predicted octanol–water partition coefficient (Wildman–Crippen LogP) is 2.82. The van der Waals surface area contributed by atoms with E-state index in [-0.39, 0.29) is 11.8 Å². The van der Waals surface area contributed by atoms with Crippen molar-refractivity contribution in [2.75, 3.05) is 19.8 Å². The molecule has 0 aliphatic carbocycles. The first-order chi connectivity index (χ1) is 10.1. The molecular weight excluding hydrogens is 288 g/mol. The summed E-state index contributed by atoms with van der Waals surface area (Å²) in [6.07, 6.45) is 1.62. The third-order valence-corrected chi connectivity index (χ3v) is 4.29. The van der Waals surface area contributed by atoms with Gasteiger partial charge >= 0.3 is 0 Å². The molecule has 1 atom stereocenters. The van der Waals surface area contributed by atoms with Crippen LogP contribution in [0.15, 0.2) is 18.2 Å². The number of amides is 1. The molecule has 21 heavy (non-hydrogen) atoms. The van der Waals surface area contributed by atoms with E-state index in [1.807, 2.05) is 18.2 Å². The Kier molecular flexibility index (Phi) is 4.17. The number of H-pyrrole nitrogens is 1. The molecule has 5 heteroatoms. The van der Waals surface area contributed by atoms with Crippen molar-refractivity contribution >= 4 is 28.4 Å². The van der Waals surface area contributed by atoms with Crippen LogP contribution in [-0.2, 0) is 16.0 Å². The highest BCUT2D eigenvalue weighted by atomic mass is 35.5. The number of fused-ring (bicyclic) bond motifs is 1. The number of benzene rings is 1. The molecule has 2 heterocycles. The number of aryl methyl sites for hydroxylation is 1. The fraction of sp³-hybridized carbons (Fsp3) is 0.438. The highest BCUT2D eigenvalue weighted by molar-refractivity contribution is 6.31. The first-order valence-corrected chi connectivity index (χ1v) is 7.65. The Bertz CT molecular complexity index is 660. The summed E-state index contributed by atoms with van der Waals surface area (Å²) in [4.78, 5) is 15.3. The number of carbonyl (C=O) groups is 1. The zero-order valence-corrected chi connectivity index (χ0v) is 12.8. The molecule has 1 saturated heterocycles. The topological polar surface area (TPSA) is 54.1 Å². The molecule has 1 aromatic carbocycles. The number of nitrogens with one attached hydrogen (secondary N) is 2. The van der Waals surface area contributed by atoms with E-state index in [1.54, 1.807) is 0 Å². The average Bonchev–Trinajstić information content (AvgIpc) is 3.08. The fourth-order valence-corrected chi connectivity index (χ4v) is 3.05. The van der Waals surface area contributed by atoms with Crippen LogP contribution in [0.4, 0.5) is 0 Å². The van der Waals surface area contributed by atoms with Gasteiger partial charge in [-0.05, 0) is 43.5 Å². The lowest BCUT2D eigenvalue weighted by Gasteiger charge is -2.09. The van der Waals surface area contributed by atoms with Crippen molar-refractivity contribution in [2.24, 2.45) is 5.92 Å². The van der Waals surface area contributed by atoms with Crippen molar-refractivity contribution in [3.63, 3.8) is 0 Å². The summed E-state index contributed by atoms with van der Waals surface area (Å²) in [5.74, 6) is 0.117. The standard InChI is InChI=1S/C16H19ClN2O2/c1-10-13(14-8-12(17)2-3-15(14)19-10)4-6-18-16(20)11-5-7-21-9-11/h2-3,8,11,19H,4-7,9H2,1H3,(H,18,20)/t11-/m0/s1. The molecule has 0 spiro atoms. The third-order valence-electron chi connectivity index (χ3n) is 4.06. The molecule has 1 fully saturated rings. The Morgan fingerprint density at radius 3 is 3.14 bits per heavy atom. The summed E-state index contributed by atoms with van der Waals surface area (Å²) in [6.45, 7) is 3.93. The number of halogens is 1. The lowest BCUT2D eigenvalue weighted by atomic mass is 10.1. The fourth-order valence-electron chi connectivity index (χ4n) is 2.87. The monoisotopic (exact) mass is 306 g/mol. The van der Waals surface area contributed by atoms with E-state index in [1.165, 1.54) is 5.56 Å². The molecule has 1 aliphatic rings. The normalized spacial score (nSPS) is 18.3. The number of aromatic nitrogens is 1. The average molecular weight is 307 g/mol. The summed E-state index contributed by atoms with van der Waals surface area (Å²) in [7, 11) is 0. The third kappa shape index (κ3) is 3.06. The minimum absolute atomic E-state index is 0.0171. The second kappa shape index (κ2) is 6.08. The number of carbonyl (C=O) groups excluding carboxylic acids is 1. The maximum absolute atomic E-state index is 12.0. The molecule has 0 bridgehead atoms. The van der Waals surface area contributed by atoms with E-state index in [4.69, 9.17) is 16.3 Å². The number of aromatic amines is 1. The van der Waals surface area contributed by atoms with Gasteiger partial charge in [-0.25, -0.2) is 0 Å². The molecule has 3 rings (SSSR count). The molecule has 4 nitrogen and oxygen atoms in total. The van der Waals surface area contributed by atoms with Gasteiger partial charge in [0.2, 0.25) is 5.91 Å². The van der Waals surface area contributed by atoms with Crippen molar-refractivity contribution in [3.05, 3.63) is 34.5 Å². The minimum Gasteiger partial charge on any atom is -0.381 e. The van der Waals surface area contributed by atoms with Gasteiger partial charge in [0.25, 0.3) is 0 Å². The van der Waals surface area contributed by atoms with Crippen LogP contribution in [0, 0.1) is 12.8 Å². The molecule has 2 aromatic rings. The van der Waals surface area contributed by atoms with Crippen LogP contribution >= 0.6 is 11.6 Å². The van der Waals surface area contributed by atoms with Crippen molar-refractivity contribution < 1.29 is 9.53 Å². The number of ether oxygens (including phenoxy) is 1. The minimum atomic E-state index is 0.0171. The van der Waals surface area contributed by atoms with Crippen LogP contribution in [-0.4, -0.2) is 30.6 Å². The highest BCUT2D eigenvalue weighted by Crippen LogP contribution is 2.25. The zero-order valence-electron chi connectivity index (χ0n) is 12.0. The Morgan fingerprint density at radius 1 is 1.52 bits per heavy atom. The Labute approximate surface area is 128 Å². The lowest BCUT2D eigenvalue weighted by molar-refractivity contribution is -0.124. The predicted molar refractivity (Wildman–Crippen MR) is 83.7 cm³/mol. The molecule has 112 valence electrons. The second-order valence-corrected chi connectivity index (χ2v) is 5.96. The molecule has 0 radical (unpaired) electrons. The second-order valence-electron chi connectivity index (χ2n) is 5.52. The molecule has 2 N–H and O–H groups in total. The van der Waals surface area contributed by atoms with Gasteiger partial charge < -0.3 is 15.0 Å². The van der Waals surface area contributed by atoms with E-state index in [0.29, 0.717) is 19.8 Å². The van der Waals surface area contributed by atoms with Gasteiger partial charge in [-0.3, -0.25) is 4.79 Å². The van der Waals surface area contributed by atoms with Gasteiger partial charge in [0.15, 0.2) is 0 Å². The Balaban J connectivity index is 1.66. The number of hydrogen-bond acceptors (Lipinski definition) is 2. The zero-order chi connectivity index (χ0) is 14.8. The van der Waals surface area contributed by atoms with Crippen molar-refractivity contribution in [1.29, 1.82) is 0 Å². The summed E-state index contributed by atoms with van der Waals surface area (Å²) >= 11 is 6.07. The molecule has 1 amide bonds. The smallest absolute Gasteiger partial charge is 0.225 e. The van der Waals surface area contributed by atoms with Crippen LogP contribution in [0.5, 0.6) is 0 Å². The SMILES string of the molecule is Cc1[nH]c2ccc(Cl)cc2c1CCNC(=O)[C@H]1CCOC1. The maximum Gasteiger partial charge on any atom is 0.225 e. The summed E-state index contributed by atoms with van der Waals surface area (Å²) in [5.41, 5.74) is 3.43. The molecule has 0 unspecified atom stereocenters. The van der Waals surface area contributed by atoms with E-state index < -0.39 is 0 Å². The molecular formula is C16H19ClN2O2. The first kappa shape index (κ1) is 14.4. The van der Waals surface area contributed by atoms with Crippen LogP contribution in [0.1, 0.15) is 17.7 Å². The number of hydrogen-bond donors (Lipinski definition) is 2. The van der Waals surface area contributed by atoms with Crippen LogP contribution in [0.3, 0.4) is 0 Å². The lowest BCUT2D eigenvalue weighted by Crippen LogP contribution is -2.32. The van der Waals surface area contributed by atoms with Crippen LogP contribution in [0.2, 0.25) is 5.02 Å². The van der Waals surface area contributed by atoms with Crippen molar-refractivity contribution in [1.82, 2.24) is 10.3 Å². The van der Waals surface area contributed by atoms with Gasteiger partial charge in [0.1, 0.15) is 0 Å². The first-order valence-electron chi connectivity index (χ1n) is 7.27. The summed E-state index contributed by atoms with van der Waals surface area (Å²) < 4.78 is 5.24. The molecule has 0 saturated carbocycles. The largest absolute Gasteiger partial charge is 0.381 e. The van der Waals surface area contributed by atoms with E-state index in [0.717, 1.165) is 34.5 Å². The number of rotatable bonds is 4. The van der Waals surface area contributed by atoms with Gasteiger partial charge in [-0.15, -0.1) is 0 Å². The quantitative estimate of drug-likeness (QED) is 0.912. The van der Waals surface area contributed by atoms with Gasteiger partial charge in [0, 0.05) is 34.8 Å². The maximum atomic E-state index is 12.0. The van der Waals surface area contributed by atoms with Crippen LogP contribution in [0.25, 0.3) is 10.9 Å². The Hall–Kier alpha value is -1.52. The van der Waals surface area contributed by atoms with E-state index in [2.05, 4.69) is 17.2 Å². The Morgan fingerprint density at radius 2 is 2.38 bits per heavy atom. The summed E-state index contributed by atoms with van der Waals surface area (Å²) in [6, 6.07) is 5.84. The molecule has 1 aliphatic heterocycles. The van der Waals surface area contributed by atoms with Gasteiger partial charge in [-0.2, -0.15) is 0 Å². The van der Waals surface area contributed by atoms with Crippen LogP contribution < -0.4 is 5.32 Å². The summed E-state index contributed by atoms with van der Waals surface area (Å²) in [5, 5.41) is 4.87. The highest BCUT2D eigenvalue weighted by Gasteiger charge is 2.23. The van der Waals surface area contributed by atoms with Gasteiger partial charge in [0.05, 0.1) is 12.5 Å². The van der Waals surface area contributed by atoms with Gasteiger partial charge in [-0.1, -0.05) is 11.6 Å².